The number of aryl methyl sites for hydroxylation is 2. The molecule has 8 heteroatoms. The summed E-state index contributed by atoms with van der Waals surface area (Å²) >= 11 is 5.88. The van der Waals surface area contributed by atoms with Crippen LogP contribution in [0, 0.1) is 20.8 Å². The molecule has 6 nitrogen and oxygen atoms in total. The molecule has 0 atom stereocenters. The summed E-state index contributed by atoms with van der Waals surface area (Å²) in [5, 5.41) is 4.17. The average Bonchev–Trinajstić information content (AvgIpc) is 3.11. The van der Waals surface area contributed by atoms with Crippen molar-refractivity contribution in [2.45, 2.75) is 25.9 Å². The van der Waals surface area contributed by atoms with Gasteiger partial charge in [0.15, 0.2) is 5.76 Å². The van der Waals surface area contributed by atoms with Gasteiger partial charge in [0, 0.05) is 10.6 Å². The lowest BCUT2D eigenvalue weighted by molar-refractivity contribution is 0.398. The second-order valence-corrected chi connectivity index (χ2v) is 7.46. The smallest absolute Gasteiger partial charge is 0.295 e. The predicted molar refractivity (Wildman–Crippen MR) is 90.7 cm³/mol. The molecule has 0 radical (unpaired) electrons. The highest BCUT2D eigenvalue weighted by Gasteiger charge is 2.22. The SMILES string of the molecule is Cc1cc(Cl)ccc1NS(=O)(=O)c1ccc(-c2onc(C)c2C)o1. The maximum absolute atomic E-state index is 12.5. The molecule has 1 aromatic carbocycles. The van der Waals surface area contributed by atoms with E-state index in [2.05, 4.69) is 9.88 Å². The Labute approximate surface area is 144 Å². The van der Waals surface area contributed by atoms with Crippen LogP contribution in [0.15, 0.2) is 44.4 Å². The van der Waals surface area contributed by atoms with Crippen molar-refractivity contribution in [1.82, 2.24) is 5.16 Å². The number of sulfonamides is 1. The molecular formula is C16H15ClN2O4S. The van der Waals surface area contributed by atoms with E-state index in [1.807, 2.05) is 6.92 Å². The van der Waals surface area contributed by atoms with Crippen LogP contribution >= 0.6 is 11.6 Å². The van der Waals surface area contributed by atoms with E-state index in [9.17, 15) is 8.42 Å². The van der Waals surface area contributed by atoms with Gasteiger partial charge < -0.3 is 8.94 Å². The van der Waals surface area contributed by atoms with Crippen molar-refractivity contribution >= 4 is 27.3 Å². The highest BCUT2D eigenvalue weighted by atomic mass is 35.5. The lowest BCUT2D eigenvalue weighted by atomic mass is 10.2. The largest absolute Gasteiger partial charge is 0.439 e. The van der Waals surface area contributed by atoms with Crippen LogP contribution in [0.25, 0.3) is 11.5 Å². The van der Waals surface area contributed by atoms with Gasteiger partial charge >= 0.3 is 0 Å². The molecule has 126 valence electrons. The summed E-state index contributed by atoms with van der Waals surface area (Å²) in [6.45, 7) is 5.39. The van der Waals surface area contributed by atoms with Crippen LogP contribution in [0.3, 0.4) is 0 Å². The van der Waals surface area contributed by atoms with Gasteiger partial charge in [-0.25, -0.2) is 0 Å². The van der Waals surface area contributed by atoms with E-state index in [4.69, 9.17) is 20.5 Å². The summed E-state index contributed by atoms with van der Waals surface area (Å²) in [5.41, 5.74) is 2.67. The number of furan rings is 1. The summed E-state index contributed by atoms with van der Waals surface area (Å²) in [4.78, 5) is 0. The number of hydrogen-bond donors (Lipinski definition) is 1. The third kappa shape index (κ3) is 3.05. The second kappa shape index (κ2) is 5.99. The number of halogens is 1. The highest BCUT2D eigenvalue weighted by molar-refractivity contribution is 7.92. The van der Waals surface area contributed by atoms with E-state index in [0.29, 0.717) is 27.8 Å². The Balaban J connectivity index is 1.92. The molecule has 0 unspecified atom stereocenters. The third-order valence-corrected chi connectivity index (χ3v) is 5.13. The molecule has 3 rings (SSSR count). The number of anilines is 1. The molecule has 3 aromatic rings. The summed E-state index contributed by atoms with van der Waals surface area (Å²) in [6, 6.07) is 7.80. The van der Waals surface area contributed by atoms with Gasteiger partial charge in [-0.15, -0.1) is 0 Å². The maximum atomic E-state index is 12.5. The fourth-order valence-corrected chi connectivity index (χ4v) is 3.46. The van der Waals surface area contributed by atoms with Crippen LogP contribution in [0.5, 0.6) is 0 Å². The number of benzene rings is 1. The van der Waals surface area contributed by atoms with E-state index < -0.39 is 10.0 Å². The molecule has 2 aromatic heterocycles. The first-order chi connectivity index (χ1) is 11.3. The lowest BCUT2D eigenvalue weighted by Gasteiger charge is -2.08. The molecule has 2 heterocycles. The first-order valence-corrected chi connectivity index (χ1v) is 8.96. The van der Waals surface area contributed by atoms with Crippen LogP contribution in [-0.4, -0.2) is 13.6 Å². The van der Waals surface area contributed by atoms with Crippen molar-refractivity contribution in [2.24, 2.45) is 0 Å². The first-order valence-electron chi connectivity index (χ1n) is 7.10. The lowest BCUT2D eigenvalue weighted by Crippen LogP contribution is -2.12. The van der Waals surface area contributed by atoms with E-state index in [1.54, 1.807) is 32.0 Å². The van der Waals surface area contributed by atoms with Crippen LogP contribution < -0.4 is 4.72 Å². The minimum absolute atomic E-state index is 0.208. The molecule has 0 bridgehead atoms. The first kappa shape index (κ1) is 16.6. The Kier molecular flexibility index (Phi) is 4.15. The van der Waals surface area contributed by atoms with Gasteiger partial charge in [-0.1, -0.05) is 16.8 Å². The normalized spacial score (nSPS) is 11.7. The zero-order valence-corrected chi connectivity index (χ0v) is 14.8. The summed E-state index contributed by atoms with van der Waals surface area (Å²) in [5.74, 6) is 0.720. The van der Waals surface area contributed by atoms with Crippen molar-refractivity contribution < 1.29 is 17.4 Å². The second-order valence-electron chi connectivity index (χ2n) is 5.41. The topological polar surface area (TPSA) is 85.3 Å². The average molecular weight is 367 g/mol. The van der Waals surface area contributed by atoms with Crippen LogP contribution in [-0.2, 0) is 10.0 Å². The Morgan fingerprint density at radius 3 is 2.50 bits per heavy atom. The van der Waals surface area contributed by atoms with E-state index in [1.165, 1.54) is 12.1 Å². The van der Waals surface area contributed by atoms with Gasteiger partial charge in [-0.2, -0.15) is 8.42 Å². The van der Waals surface area contributed by atoms with Crippen LogP contribution in [0.1, 0.15) is 16.8 Å². The molecule has 1 N–H and O–H groups in total. The van der Waals surface area contributed by atoms with E-state index >= 15 is 0 Å². The number of nitrogens with zero attached hydrogens (tertiary/aromatic N) is 1. The molecule has 0 saturated heterocycles. The van der Waals surface area contributed by atoms with Crippen molar-refractivity contribution in [3.63, 3.8) is 0 Å². The number of rotatable bonds is 4. The van der Waals surface area contributed by atoms with Crippen LogP contribution in [0.2, 0.25) is 5.02 Å². The standard InChI is InChI=1S/C16H15ClN2O4S/c1-9-8-12(17)4-5-13(9)19-24(20,21)15-7-6-14(22-15)16-10(2)11(3)18-23-16/h4-8,19H,1-3H3. The van der Waals surface area contributed by atoms with Gasteiger partial charge in [-0.05, 0) is 56.7 Å². The van der Waals surface area contributed by atoms with Crippen molar-refractivity contribution in [3.8, 4) is 11.5 Å². The quantitative estimate of drug-likeness (QED) is 0.743. The minimum atomic E-state index is -3.86. The molecule has 0 amide bonds. The van der Waals surface area contributed by atoms with Gasteiger partial charge in [-0.3, -0.25) is 4.72 Å². The molecule has 0 saturated carbocycles. The highest BCUT2D eigenvalue weighted by Crippen LogP contribution is 2.30. The summed E-state index contributed by atoms with van der Waals surface area (Å²) in [7, 11) is -3.86. The fraction of sp³-hybridized carbons (Fsp3) is 0.188. The van der Waals surface area contributed by atoms with E-state index in [-0.39, 0.29) is 5.09 Å². The monoisotopic (exact) mass is 366 g/mol. The van der Waals surface area contributed by atoms with E-state index in [0.717, 1.165) is 11.3 Å². The van der Waals surface area contributed by atoms with Crippen LogP contribution in [0.4, 0.5) is 5.69 Å². The number of nitrogens with one attached hydrogen (secondary N) is 1. The summed E-state index contributed by atoms with van der Waals surface area (Å²) < 4.78 is 38.1. The maximum Gasteiger partial charge on any atom is 0.295 e. The molecule has 24 heavy (non-hydrogen) atoms. The van der Waals surface area contributed by atoms with Crippen molar-refractivity contribution in [1.29, 1.82) is 0 Å². The molecule has 0 aliphatic rings. The van der Waals surface area contributed by atoms with Crippen molar-refractivity contribution in [2.75, 3.05) is 4.72 Å². The van der Waals surface area contributed by atoms with Gasteiger partial charge in [0.1, 0.15) is 0 Å². The minimum Gasteiger partial charge on any atom is -0.439 e. The molecule has 0 aliphatic heterocycles. The fourth-order valence-electron chi connectivity index (χ4n) is 2.17. The predicted octanol–water partition coefficient (Wildman–Crippen LogP) is 4.31. The number of aromatic nitrogens is 1. The Bertz CT molecular complexity index is 1010. The molecule has 0 spiro atoms. The number of hydrogen-bond acceptors (Lipinski definition) is 5. The zero-order valence-electron chi connectivity index (χ0n) is 13.3. The molecule has 0 aliphatic carbocycles. The molecule has 0 fully saturated rings. The van der Waals surface area contributed by atoms with Crippen molar-refractivity contribution in [3.05, 3.63) is 52.2 Å². The molecular weight excluding hydrogens is 352 g/mol. The van der Waals surface area contributed by atoms with Gasteiger partial charge in [0.05, 0.1) is 11.4 Å². The summed E-state index contributed by atoms with van der Waals surface area (Å²) in [6.07, 6.45) is 0. The Morgan fingerprint density at radius 2 is 1.88 bits per heavy atom. The Morgan fingerprint density at radius 1 is 1.12 bits per heavy atom. The zero-order chi connectivity index (χ0) is 17.5. The third-order valence-electron chi connectivity index (χ3n) is 3.66. The Hall–Kier alpha value is -2.25. The van der Waals surface area contributed by atoms with Gasteiger partial charge in [0.25, 0.3) is 10.0 Å². The van der Waals surface area contributed by atoms with Gasteiger partial charge in [0.2, 0.25) is 10.9 Å².